The van der Waals surface area contributed by atoms with Gasteiger partial charge in [0.2, 0.25) is 0 Å². The number of benzene rings is 2. The van der Waals surface area contributed by atoms with Gasteiger partial charge in [-0.15, -0.1) is 0 Å². The standard InChI is InChI=1S/C23H30N2O6S/c1-17(2)24-23(26)25(16-21-5-4-14-30-21)15-18-6-8-20(9-7-18)31-32(27,28)22-12-10-19(29-3)11-13-22/h6-13,17,21H,4-5,14-16H2,1-3H3,(H,24,26). The normalized spacial score (nSPS) is 16.1. The van der Waals surface area contributed by atoms with Crippen molar-refractivity contribution in [1.29, 1.82) is 0 Å². The van der Waals surface area contributed by atoms with Gasteiger partial charge in [-0.2, -0.15) is 8.42 Å². The molecule has 0 aliphatic carbocycles. The molecule has 8 nitrogen and oxygen atoms in total. The van der Waals surface area contributed by atoms with Crippen LogP contribution < -0.4 is 14.2 Å². The third kappa shape index (κ3) is 6.61. The summed E-state index contributed by atoms with van der Waals surface area (Å²) in [5.41, 5.74) is 0.857. The Balaban J connectivity index is 1.67. The summed E-state index contributed by atoms with van der Waals surface area (Å²) in [6, 6.07) is 12.5. The summed E-state index contributed by atoms with van der Waals surface area (Å²) in [6.07, 6.45) is 1.96. The Bertz CT molecular complexity index is 984. The molecule has 0 spiro atoms. The van der Waals surface area contributed by atoms with Crippen molar-refractivity contribution in [3.8, 4) is 11.5 Å². The summed E-state index contributed by atoms with van der Waals surface area (Å²) < 4.78 is 41.0. The van der Waals surface area contributed by atoms with Crippen LogP contribution in [0.25, 0.3) is 0 Å². The molecular weight excluding hydrogens is 432 g/mol. The predicted octanol–water partition coefficient (Wildman–Crippen LogP) is 3.56. The first-order valence-electron chi connectivity index (χ1n) is 10.6. The van der Waals surface area contributed by atoms with Gasteiger partial charge in [0.05, 0.1) is 13.2 Å². The molecule has 2 aromatic carbocycles. The van der Waals surface area contributed by atoms with E-state index >= 15 is 0 Å². The number of methoxy groups -OCH3 is 1. The molecule has 0 aromatic heterocycles. The van der Waals surface area contributed by atoms with Crippen LogP contribution in [0.4, 0.5) is 4.79 Å². The Kier molecular flexibility index (Phi) is 7.98. The number of nitrogens with one attached hydrogen (secondary N) is 1. The van der Waals surface area contributed by atoms with Crippen molar-refractivity contribution < 1.29 is 26.9 Å². The first-order chi connectivity index (χ1) is 15.3. The maximum Gasteiger partial charge on any atom is 0.339 e. The molecule has 174 valence electrons. The Morgan fingerprint density at radius 2 is 1.78 bits per heavy atom. The highest BCUT2D eigenvalue weighted by Gasteiger charge is 2.23. The minimum Gasteiger partial charge on any atom is -0.497 e. The van der Waals surface area contributed by atoms with Crippen molar-refractivity contribution >= 4 is 16.1 Å². The van der Waals surface area contributed by atoms with Gasteiger partial charge < -0.3 is 23.9 Å². The van der Waals surface area contributed by atoms with Crippen LogP contribution in [-0.2, 0) is 21.4 Å². The molecule has 1 fully saturated rings. The SMILES string of the molecule is COc1ccc(S(=O)(=O)Oc2ccc(CN(CC3CCCO3)C(=O)NC(C)C)cc2)cc1. The quantitative estimate of drug-likeness (QED) is 0.573. The second-order valence-corrected chi connectivity index (χ2v) is 9.52. The fraction of sp³-hybridized carbons (Fsp3) is 0.435. The van der Waals surface area contributed by atoms with Crippen LogP contribution in [0.1, 0.15) is 32.3 Å². The zero-order valence-electron chi connectivity index (χ0n) is 18.6. The minimum atomic E-state index is -3.96. The van der Waals surface area contributed by atoms with E-state index in [0.717, 1.165) is 25.0 Å². The van der Waals surface area contributed by atoms with Gasteiger partial charge in [0.1, 0.15) is 16.4 Å². The smallest absolute Gasteiger partial charge is 0.339 e. The van der Waals surface area contributed by atoms with E-state index in [0.29, 0.717) is 18.8 Å². The molecule has 9 heteroatoms. The first kappa shape index (κ1) is 23.9. The van der Waals surface area contributed by atoms with Crippen LogP contribution in [-0.4, -0.2) is 51.8 Å². The molecule has 0 radical (unpaired) electrons. The average Bonchev–Trinajstić information content (AvgIpc) is 3.27. The van der Waals surface area contributed by atoms with Gasteiger partial charge in [-0.3, -0.25) is 0 Å². The maximum atomic E-state index is 12.6. The second-order valence-electron chi connectivity index (χ2n) is 7.98. The number of ether oxygens (including phenoxy) is 2. The topological polar surface area (TPSA) is 94.2 Å². The zero-order chi connectivity index (χ0) is 23.1. The van der Waals surface area contributed by atoms with Gasteiger partial charge in [-0.05, 0) is 68.7 Å². The molecule has 1 N–H and O–H groups in total. The highest BCUT2D eigenvalue weighted by molar-refractivity contribution is 7.87. The van der Waals surface area contributed by atoms with Crippen molar-refractivity contribution in [1.82, 2.24) is 10.2 Å². The third-order valence-electron chi connectivity index (χ3n) is 5.00. The van der Waals surface area contributed by atoms with Gasteiger partial charge in [-0.1, -0.05) is 12.1 Å². The third-order valence-corrected chi connectivity index (χ3v) is 6.26. The van der Waals surface area contributed by atoms with E-state index < -0.39 is 10.1 Å². The summed E-state index contributed by atoms with van der Waals surface area (Å²) >= 11 is 0. The largest absolute Gasteiger partial charge is 0.497 e. The molecule has 32 heavy (non-hydrogen) atoms. The number of urea groups is 1. The monoisotopic (exact) mass is 462 g/mol. The Morgan fingerprint density at radius 3 is 2.34 bits per heavy atom. The minimum absolute atomic E-state index is 0.0217. The number of nitrogens with zero attached hydrogens (tertiary/aromatic N) is 1. The lowest BCUT2D eigenvalue weighted by Gasteiger charge is -2.27. The fourth-order valence-electron chi connectivity index (χ4n) is 3.38. The van der Waals surface area contributed by atoms with Crippen molar-refractivity contribution in [3.05, 3.63) is 54.1 Å². The van der Waals surface area contributed by atoms with Gasteiger partial charge in [0.25, 0.3) is 0 Å². The fourth-order valence-corrected chi connectivity index (χ4v) is 4.31. The molecule has 1 atom stereocenters. The van der Waals surface area contributed by atoms with Crippen LogP contribution in [0.3, 0.4) is 0 Å². The number of rotatable bonds is 9. The van der Waals surface area contributed by atoms with E-state index in [2.05, 4.69) is 5.32 Å². The van der Waals surface area contributed by atoms with Crippen LogP contribution >= 0.6 is 0 Å². The van der Waals surface area contributed by atoms with Crippen LogP contribution in [0, 0.1) is 0 Å². The molecule has 0 bridgehead atoms. The summed E-state index contributed by atoms with van der Waals surface area (Å²) in [5.74, 6) is 0.754. The lowest BCUT2D eigenvalue weighted by Crippen LogP contribution is -2.45. The van der Waals surface area contributed by atoms with E-state index in [1.807, 2.05) is 13.8 Å². The molecule has 2 amide bonds. The van der Waals surface area contributed by atoms with E-state index in [9.17, 15) is 13.2 Å². The molecule has 2 aromatic rings. The number of amides is 2. The molecule has 1 unspecified atom stereocenters. The van der Waals surface area contributed by atoms with E-state index in [4.69, 9.17) is 13.7 Å². The molecule has 3 rings (SSSR count). The highest BCUT2D eigenvalue weighted by Crippen LogP contribution is 2.22. The molecular formula is C23H30N2O6S. The first-order valence-corrected chi connectivity index (χ1v) is 12.0. The molecule has 1 aliphatic rings. The number of hydrogen-bond acceptors (Lipinski definition) is 6. The summed E-state index contributed by atoms with van der Waals surface area (Å²) in [6.45, 7) is 5.43. The van der Waals surface area contributed by atoms with Crippen LogP contribution in [0.15, 0.2) is 53.4 Å². The van der Waals surface area contributed by atoms with Gasteiger partial charge in [0.15, 0.2) is 0 Å². The number of hydrogen-bond donors (Lipinski definition) is 1. The van der Waals surface area contributed by atoms with E-state index in [-0.39, 0.29) is 28.8 Å². The zero-order valence-corrected chi connectivity index (χ0v) is 19.4. The van der Waals surface area contributed by atoms with E-state index in [1.54, 1.807) is 41.3 Å². The number of carbonyl (C=O) groups excluding carboxylic acids is 1. The lowest BCUT2D eigenvalue weighted by molar-refractivity contribution is 0.0791. The Hall–Kier alpha value is -2.78. The van der Waals surface area contributed by atoms with Gasteiger partial charge in [-0.25, -0.2) is 4.79 Å². The van der Waals surface area contributed by atoms with Crippen molar-refractivity contribution in [2.75, 3.05) is 20.3 Å². The summed E-state index contributed by atoms with van der Waals surface area (Å²) in [5, 5.41) is 2.92. The van der Waals surface area contributed by atoms with Crippen LogP contribution in [0.5, 0.6) is 11.5 Å². The van der Waals surface area contributed by atoms with Gasteiger partial charge >= 0.3 is 16.1 Å². The summed E-state index contributed by atoms with van der Waals surface area (Å²) in [4.78, 5) is 14.4. The summed E-state index contributed by atoms with van der Waals surface area (Å²) in [7, 11) is -2.45. The van der Waals surface area contributed by atoms with Crippen molar-refractivity contribution in [2.45, 2.75) is 50.3 Å². The van der Waals surface area contributed by atoms with Crippen molar-refractivity contribution in [3.63, 3.8) is 0 Å². The highest BCUT2D eigenvalue weighted by atomic mass is 32.2. The van der Waals surface area contributed by atoms with Crippen molar-refractivity contribution in [2.24, 2.45) is 0 Å². The molecule has 0 saturated carbocycles. The average molecular weight is 463 g/mol. The Morgan fingerprint density at radius 1 is 1.12 bits per heavy atom. The number of carbonyl (C=O) groups is 1. The van der Waals surface area contributed by atoms with Gasteiger partial charge in [0, 0.05) is 25.7 Å². The Labute approximate surface area is 189 Å². The second kappa shape index (κ2) is 10.7. The van der Waals surface area contributed by atoms with E-state index in [1.165, 1.54) is 19.2 Å². The molecule has 1 aliphatic heterocycles. The molecule has 1 heterocycles. The predicted molar refractivity (Wildman–Crippen MR) is 120 cm³/mol. The maximum absolute atomic E-state index is 12.6. The lowest BCUT2D eigenvalue weighted by atomic mass is 10.2. The molecule has 1 saturated heterocycles. The van der Waals surface area contributed by atoms with Crippen LogP contribution in [0.2, 0.25) is 0 Å².